The number of hydrogen-bond donors (Lipinski definition) is 0. The molecule has 3 nitrogen and oxygen atoms in total. The first kappa shape index (κ1) is 30.2. The third-order valence-corrected chi connectivity index (χ3v) is 13.2. The van der Waals surface area contributed by atoms with E-state index in [2.05, 4.69) is 180 Å². The van der Waals surface area contributed by atoms with Crippen LogP contribution in [0.2, 0.25) is 0 Å². The lowest BCUT2D eigenvalue weighted by Gasteiger charge is -2.14. The molecule has 0 aliphatic carbocycles. The molecule has 0 amide bonds. The summed E-state index contributed by atoms with van der Waals surface area (Å²) >= 11 is 1.84. The molecule has 13 aromatic rings. The van der Waals surface area contributed by atoms with Gasteiger partial charge in [0, 0.05) is 52.7 Å². The zero-order valence-corrected chi connectivity index (χ0v) is 30.8. The highest BCUT2D eigenvalue weighted by Gasteiger charge is 2.23. The third-order valence-electron chi connectivity index (χ3n) is 12.0. The quantitative estimate of drug-likeness (QED) is 0.166. The molecule has 0 saturated heterocycles. The van der Waals surface area contributed by atoms with Gasteiger partial charge in [0.1, 0.15) is 0 Å². The number of nitrogens with zero attached hydrogens (tertiary/aromatic N) is 3. The van der Waals surface area contributed by atoms with Gasteiger partial charge in [-0.05, 0) is 67.4 Å². The van der Waals surface area contributed by atoms with E-state index >= 15 is 0 Å². The Bertz CT molecular complexity index is 3800. The van der Waals surface area contributed by atoms with Crippen LogP contribution in [0.4, 0.5) is 0 Å². The normalized spacial score (nSPS) is 12.3. The summed E-state index contributed by atoms with van der Waals surface area (Å²) in [6, 6.07) is 64.0. The van der Waals surface area contributed by atoms with Gasteiger partial charge in [0.05, 0.1) is 22.2 Å². The molecule has 0 bridgehead atoms. The SMILES string of the molecule is c1ccc2c(c1)ccc1c(-c3cccc4c3sc3ccccc34)nc(-n3c4ccc5ccccc5c4c4c5c6ccccc6c6ccccc6c5ccc43)nc12. The van der Waals surface area contributed by atoms with Crippen LogP contribution in [-0.4, -0.2) is 14.5 Å². The molecule has 0 N–H and O–H groups in total. The van der Waals surface area contributed by atoms with Crippen molar-refractivity contribution in [3.05, 3.63) is 176 Å². The summed E-state index contributed by atoms with van der Waals surface area (Å²) in [5.74, 6) is 0.668. The average molecular weight is 728 g/mol. The first-order valence-corrected chi connectivity index (χ1v) is 19.9. The summed E-state index contributed by atoms with van der Waals surface area (Å²) in [6.07, 6.45) is 0. The van der Waals surface area contributed by atoms with Gasteiger partial charge in [-0.1, -0.05) is 152 Å². The fourth-order valence-electron chi connectivity index (χ4n) is 9.57. The summed E-state index contributed by atoms with van der Waals surface area (Å²) in [6.45, 7) is 0. The minimum Gasteiger partial charge on any atom is -0.278 e. The first-order chi connectivity index (χ1) is 27.8. The number of benzene rings is 10. The number of aromatic nitrogens is 3. The topological polar surface area (TPSA) is 30.7 Å². The summed E-state index contributed by atoms with van der Waals surface area (Å²) in [5.41, 5.74) is 5.21. The summed E-state index contributed by atoms with van der Waals surface area (Å²) < 4.78 is 4.85. The number of fused-ring (bicyclic) bond motifs is 18. The van der Waals surface area contributed by atoms with Crippen LogP contribution in [0.25, 0.3) is 124 Å². The smallest absolute Gasteiger partial charge is 0.235 e. The predicted octanol–water partition coefficient (Wildman–Crippen LogP) is 14.5. The zero-order valence-electron chi connectivity index (χ0n) is 30.0. The van der Waals surface area contributed by atoms with Crippen LogP contribution in [-0.2, 0) is 0 Å². The van der Waals surface area contributed by atoms with Crippen molar-refractivity contribution in [3.8, 4) is 17.2 Å². The summed E-state index contributed by atoms with van der Waals surface area (Å²) in [4.78, 5) is 11.3. The lowest BCUT2D eigenvalue weighted by Crippen LogP contribution is -2.04. The second kappa shape index (κ2) is 11.2. The lowest BCUT2D eigenvalue weighted by atomic mass is 9.91. The third kappa shape index (κ3) is 4.01. The van der Waals surface area contributed by atoms with E-state index in [-0.39, 0.29) is 0 Å². The molecular formula is C52H29N3S. The van der Waals surface area contributed by atoms with E-state index in [0.29, 0.717) is 5.95 Å². The van der Waals surface area contributed by atoms with Crippen molar-refractivity contribution in [1.82, 2.24) is 14.5 Å². The van der Waals surface area contributed by atoms with E-state index in [1.165, 1.54) is 74.0 Å². The molecule has 4 heteroatoms. The summed E-state index contributed by atoms with van der Waals surface area (Å²) in [7, 11) is 0. The van der Waals surface area contributed by atoms with Gasteiger partial charge in [-0.15, -0.1) is 11.3 Å². The molecule has 0 spiro atoms. The second-order valence-electron chi connectivity index (χ2n) is 14.8. The molecule has 3 heterocycles. The highest BCUT2D eigenvalue weighted by atomic mass is 32.1. The van der Waals surface area contributed by atoms with Crippen molar-refractivity contribution >= 4 is 118 Å². The molecule has 3 aromatic heterocycles. The van der Waals surface area contributed by atoms with E-state index in [9.17, 15) is 0 Å². The Kier molecular flexibility index (Phi) is 6.04. The van der Waals surface area contributed by atoms with Gasteiger partial charge in [-0.3, -0.25) is 4.57 Å². The Balaban J connectivity index is 1.25. The highest BCUT2D eigenvalue weighted by molar-refractivity contribution is 7.26. The molecule has 10 aromatic carbocycles. The van der Waals surface area contributed by atoms with Gasteiger partial charge < -0.3 is 0 Å². The van der Waals surface area contributed by atoms with Crippen LogP contribution >= 0.6 is 11.3 Å². The number of rotatable bonds is 2. The molecule has 56 heavy (non-hydrogen) atoms. The molecule has 0 unspecified atom stereocenters. The Morgan fingerprint density at radius 3 is 1.71 bits per heavy atom. The second-order valence-corrected chi connectivity index (χ2v) is 15.9. The van der Waals surface area contributed by atoms with Crippen LogP contribution in [0, 0.1) is 0 Å². The van der Waals surface area contributed by atoms with Gasteiger partial charge >= 0.3 is 0 Å². The predicted molar refractivity (Wildman–Crippen MR) is 240 cm³/mol. The van der Waals surface area contributed by atoms with Crippen molar-refractivity contribution in [2.75, 3.05) is 0 Å². The molecule has 258 valence electrons. The fourth-order valence-corrected chi connectivity index (χ4v) is 10.8. The fraction of sp³-hybridized carbons (Fsp3) is 0. The number of thiophene rings is 1. The van der Waals surface area contributed by atoms with Gasteiger partial charge in [-0.25, -0.2) is 9.97 Å². The van der Waals surface area contributed by atoms with Crippen LogP contribution in [0.3, 0.4) is 0 Å². The summed E-state index contributed by atoms with van der Waals surface area (Å²) in [5, 5.41) is 18.3. The van der Waals surface area contributed by atoms with Crippen LogP contribution in [0.5, 0.6) is 0 Å². The maximum atomic E-state index is 5.67. The molecule has 0 saturated carbocycles. The monoisotopic (exact) mass is 727 g/mol. The maximum absolute atomic E-state index is 5.67. The van der Waals surface area contributed by atoms with Crippen molar-refractivity contribution in [2.24, 2.45) is 0 Å². The molecule has 13 rings (SSSR count). The van der Waals surface area contributed by atoms with E-state index in [4.69, 9.17) is 9.97 Å². The minimum atomic E-state index is 0.668. The molecule has 0 radical (unpaired) electrons. The van der Waals surface area contributed by atoms with Gasteiger partial charge in [0.25, 0.3) is 0 Å². The van der Waals surface area contributed by atoms with Crippen molar-refractivity contribution in [2.45, 2.75) is 0 Å². The molecular weight excluding hydrogens is 699 g/mol. The molecule has 0 fully saturated rings. The van der Waals surface area contributed by atoms with Crippen LogP contribution in [0.15, 0.2) is 176 Å². The molecule has 0 aliphatic heterocycles. The Hall–Kier alpha value is -7.14. The Morgan fingerprint density at radius 1 is 0.357 bits per heavy atom. The average Bonchev–Trinajstić information content (AvgIpc) is 3.82. The van der Waals surface area contributed by atoms with Gasteiger partial charge in [0.2, 0.25) is 5.95 Å². The van der Waals surface area contributed by atoms with Gasteiger partial charge in [0.15, 0.2) is 0 Å². The van der Waals surface area contributed by atoms with E-state index in [1.54, 1.807) is 0 Å². The van der Waals surface area contributed by atoms with Crippen molar-refractivity contribution < 1.29 is 0 Å². The minimum absolute atomic E-state index is 0.668. The van der Waals surface area contributed by atoms with Crippen LogP contribution < -0.4 is 0 Å². The van der Waals surface area contributed by atoms with E-state index in [0.717, 1.165) is 44.0 Å². The van der Waals surface area contributed by atoms with Gasteiger partial charge in [-0.2, -0.15) is 0 Å². The van der Waals surface area contributed by atoms with Crippen LogP contribution in [0.1, 0.15) is 0 Å². The van der Waals surface area contributed by atoms with E-state index in [1.807, 2.05) is 11.3 Å². The largest absolute Gasteiger partial charge is 0.278 e. The molecule has 0 aliphatic rings. The van der Waals surface area contributed by atoms with Crippen molar-refractivity contribution in [3.63, 3.8) is 0 Å². The van der Waals surface area contributed by atoms with E-state index < -0.39 is 0 Å². The Labute approximate surface area is 324 Å². The number of hydrogen-bond acceptors (Lipinski definition) is 3. The van der Waals surface area contributed by atoms with Crippen molar-refractivity contribution in [1.29, 1.82) is 0 Å². The zero-order chi connectivity index (χ0) is 36.5. The maximum Gasteiger partial charge on any atom is 0.235 e. The highest BCUT2D eigenvalue weighted by Crippen LogP contribution is 2.46. The standard InChI is InChI=1S/C52H29N3S/c1-3-14-32-30(12-1)25-28-43-47(32)48-44(29-27-39-36-18-6-5-16-34(36)35-17-7-8-20-38(35)46(39)48)55(43)52-53-49-33-15-4-2-13-31(33)24-26-41(49)50(54-52)42-22-11-21-40-37-19-9-10-23-45(37)56-51(40)42/h1-29H. The lowest BCUT2D eigenvalue weighted by molar-refractivity contribution is 1.02. The Morgan fingerprint density at radius 2 is 0.911 bits per heavy atom. The molecule has 0 atom stereocenters. The first-order valence-electron chi connectivity index (χ1n) is 19.1.